The SMILES string of the molecule is CC(C)Oc1cc(NC(CCl)C(C)C)ncn1. The van der Waals surface area contributed by atoms with Crippen LogP contribution in [0.3, 0.4) is 0 Å². The highest BCUT2D eigenvalue weighted by Crippen LogP contribution is 2.16. The summed E-state index contributed by atoms with van der Waals surface area (Å²) in [7, 11) is 0. The van der Waals surface area contributed by atoms with Crippen molar-refractivity contribution in [1.29, 1.82) is 0 Å². The van der Waals surface area contributed by atoms with E-state index >= 15 is 0 Å². The predicted molar refractivity (Wildman–Crippen MR) is 70.8 cm³/mol. The van der Waals surface area contributed by atoms with E-state index in [2.05, 4.69) is 29.1 Å². The Labute approximate surface area is 108 Å². The average Bonchev–Trinajstić information content (AvgIpc) is 2.25. The molecule has 0 amide bonds. The lowest BCUT2D eigenvalue weighted by molar-refractivity contribution is 0.232. The zero-order valence-corrected chi connectivity index (χ0v) is 11.5. The molecule has 1 N–H and O–H groups in total. The van der Waals surface area contributed by atoms with E-state index in [1.807, 2.05) is 13.8 Å². The molecule has 1 rings (SSSR count). The summed E-state index contributed by atoms with van der Waals surface area (Å²) in [5.74, 6) is 2.31. The standard InChI is InChI=1S/C12H20ClN3O/c1-8(2)10(6-13)16-11-5-12(15-7-14-11)17-9(3)4/h5,7-10H,6H2,1-4H3,(H,14,15,16). The molecule has 1 unspecified atom stereocenters. The van der Waals surface area contributed by atoms with Crippen LogP contribution in [0.1, 0.15) is 27.7 Å². The Morgan fingerprint density at radius 2 is 2.00 bits per heavy atom. The quantitative estimate of drug-likeness (QED) is 0.796. The van der Waals surface area contributed by atoms with Crippen molar-refractivity contribution in [1.82, 2.24) is 9.97 Å². The van der Waals surface area contributed by atoms with Crippen molar-refractivity contribution in [3.05, 3.63) is 12.4 Å². The van der Waals surface area contributed by atoms with Gasteiger partial charge in [0.15, 0.2) is 0 Å². The highest BCUT2D eigenvalue weighted by molar-refractivity contribution is 6.18. The summed E-state index contributed by atoms with van der Waals surface area (Å²) in [6.45, 7) is 8.16. The highest BCUT2D eigenvalue weighted by atomic mass is 35.5. The van der Waals surface area contributed by atoms with Crippen LogP contribution in [0.2, 0.25) is 0 Å². The molecule has 0 aliphatic rings. The van der Waals surface area contributed by atoms with Gasteiger partial charge in [-0.1, -0.05) is 13.8 Å². The van der Waals surface area contributed by atoms with Crippen LogP contribution < -0.4 is 10.1 Å². The van der Waals surface area contributed by atoms with Gasteiger partial charge >= 0.3 is 0 Å². The van der Waals surface area contributed by atoms with Gasteiger partial charge in [-0.3, -0.25) is 0 Å². The first-order valence-electron chi connectivity index (χ1n) is 5.84. The third-order valence-corrected chi connectivity index (χ3v) is 2.64. The van der Waals surface area contributed by atoms with Gasteiger partial charge in [-0.15, -0.1) is 11.6 Å². The number of alkyl halides is 1. The molecule has 0 bridgehead atoms. The molecule has 0 aliphatic carbocycles. The van der Waals surface area contributed by atoms with Crippen LogP contribution >= 0.6 is 11.6 Å². The number of hydrogen-bond acceptors (Lipinski definition) is 4. The molecule has 1 heterocycles. The van der Waals surface area contributed by atoms with Crippen LogP contribution in [-0.2, 0) is 0 Å². The maximum atomic E-state index is 5.90. The van der Waals surface area contributed by atoms with Gasteiger partial charge in [-0.2, -0.15) is 0 Å². The molecular formula is C12H20ClN3O. The number of hydrogen-bond donors (Lipinski definition) is 1. The Bertz CT molecular complexity index is 344. The molecule has 0 saturated heterocycles. The summed E-state index contributed by atoms with van der Waals surface area (Å²) in [5, 5.41) is 3.28. The number of aromatic nitrogens is 2. The van der Waals surface area contributed by atoms with Gasteiger partial charge in [-0.25, -0.2) is 9.97 Å². The van der Waals surface area contributed by atoms with Crippen molar-refractivity contribution >= 4 is 17.4 Å². The normalized spacial score (nSPS) is 12.9. The summed E-state index contributed by atoms with van der Waals surface area (Å²) in [5.41, 5.74) is 0. The van der Waals surface area contributed by atoms with Gasteiger partial charge in [0.2, 0.25) is 5.88 Å². The zero-order valence-electron chi connectivity index (χ0n) is 10.8. The molecule has 5 heteroatoms. The van der Waals surface area contributed by atoms with E-state index in [0.717, 1.165) is 5.82 Å². The maximum absolute atomic E-state index is 5.90. The Kier molecular flexibility index (Phi) is 5.48. The third-order valence-electron chi connectivity index (χ3n) is 2.30. The van der Waals surface area contributed by atoms with E-state index in [4.69, 9.17) is 16.3 Å². The largest absolute Gasteiger partial charge is 0.475 e. The van der Waals surface area contributed by atoms with Crippen LogP contribution in [0.5, 0.6) is 5.88 Å². The lowest BCUT2D eigenvalue weighted by Gasteiger charge is -2.20. The van der Waals surface area contributed by atoms with Crippen molar-refractivity contribution in [3.8, 4) is 5.88 Å². The van der Waals surface area contributed by atoms with E-state index in [1.165, 1.54) is 6.33 Å². The molecular weight excluding hydrogens is 238 g/mol. The number of halogens is 1. The summed E-state index contributed by atoms with van der Waals surface area (Å²) in [4.78, 5) is 8.21. The Morgan fingerprint density at radius 3 is 2.53 bits per heavy atom. The van der Waals surface area contributed by atoms with Crippen molar-refractivity contribution in [2.75, 3.05) is 11.2 Å². The van der Waals surface area contributed by atoms with Crippen molar-refractivity contribution in [2.24, 2.45) is 5.92 Å². The second kappa shape index (κ2) is 6.64. The fourth-order valence-electron chi connectivity index (χ4n) is 1.30. The van der Waals surface area contributed by atoms with Crippen LogP contribution in [0.4, 0.5) is 5.82 Å². The van der Waals surface area contributed by atoms with E-state index in [0.29, 0.717) is 17.7 Å². The third kappa shape index (κ3) is 4.77. The first-order valence-corrected chi connectivity index (χ1v) is 6.37. The molecule has 0 aliphatic heterocycles. The minimum atomic E-state index is 0.103. The van der Waals surface area contributed by atoms with E-state index in [9.17, 15) is 0 Å². The van der Waals surface area contributed by atoms with Crippen LogP contribution in [0.15, 0.2) is 12.4 Å². The van der Waals surface area contributed by atoms with Crippen LogP contribution in [0.25, 0.3) is 0 Å². The molecule has 1 atom stereocenters. The van der Waals surface area contributed by atoms with Crippen molar-refractivity contribution < 1.29 is 4.74 Å². The monoisotopic (exact) mass is 257 g/mol. The van der Waals surface area contributed by atoms with Crippen molar-refractivity contribution in [2.45, 2.75) is 39.8 Å². The Balaban J connectivity index is 2.70. The number of rotatable bonds is 6. The lowest BCUT2D eigenvalue weighted by Crippen LogP contribution is -2.27. The predicted octanol–water partition coefficient (Wildman–Crippen LogP) is 2.94. The molecule has 0 radical (unpaired) electrons. The molecule has 1 aromatic rings. The van der Waals surface area contributed by atoms with Gasteiger partial charge in [0.25, 0.3) is 0 Å². The minimum absolute atomic E-state index is 0.103. The molecule has 17 heavy (non-hydrogen) atoms. The average molecular weight is 258 g/mol. The van der Waals surface area contributed by atoms with Crippen LogP contribution in [-0.4, -0.2) is 28.0 Å². The zero-order chi connectivity index (χ0) is 12.8. The second-order valence-corrected chi connectivity index (χ2v) is 4.87. The molecule has 0 saturated carbocycles. The Morgan fingerprint density at radius 1 is 1.29 bits per heavy atom. The molecule has 4 nitrogen and oxygen atoms in total. The van der Waals surface area contributed by atoms with Gasteiger partial charge in [0.05, 0.1) is 6.10 Å². The number of nitrogens with zero attached hydrogens (tertiary/aromatic N) is 2. The van der Waals surface area contributed by atoms with Gasteiger partial charge < -0.3 is 10.1 Å². The summed E-state index contributed by atoms with van der Waals surface area (Å²) >= 11 is 5.90. The molecule has 0 spiro atoms. The summed E-state index contributed by atoms with van der Waals surface area (Å²) in [6, 6.07) is 1.99. The first kappa shape index (κ1) is 14.0. The van der Waals surface area contributed by atoms with E-state index in [1.54, 1.807) is 6.07 Å². The number of ether oxygens (including phenoxy) is 1. The maximum Gasteiger partial charge on any atom is 0.218 e. The van der Waals surface area contributed by atoms with Gasteiger partial charge in [-0.05, 0) is 19.8 Å². The molecule has 0 aromatic carbocycles. The van der Waals surface area contributed by atoms with Gasteiger partial charge in [0, 0.05) is 18.0 Å². The summed E-state index contributed by atoms with van der Waals surface area (Å²) in [6.07, 6.45) is 1.60. The second-order valence-electron chi connectivity index (χ2n) is 4.56. The molecule has 96 valence electrons. The lowest BCUT2D eigenvalue weighted by atomic mass is 10.1. The summed E-state index contributed by atoms with van der Waals surface area (Å²) < 4.78 is 5.51. The Hall–Kier alpha value is -1.03. The first-order chi connectivity index (χ1) is 8.02. The highest BCUT2D eigenvalue weighted by Gasteiger charge is 2.12. The molecule has 1 aromatic heterocycles. The number of nitrogens with one attached hydrogen (secondary N) is 1. The van der Waals surface area contributed by atoms with Gasteiger partial charge in [0.1, 0.15) is 12.1 Å². The fourth-order valence-corrected chi connectivity index (χ4v) is 1.73. The van der Waals surface area contributed by atoms with Crippen molar-refractivity contribution in [3.63, 3.8) is 0 Å². The van der Waals surface area contributed by atoms with E-state index in [-0.39, 0.29) is 12.1 Å². The number of anilines is 1. The topological polar surface area (TPSA) is 47.0 Å². The van der Waals surface area contributed by atoms with Crippen LogP contribution in [0, 0.1) is 5.92 Å². The van der Waals surface area contributed by atoms with E-state index < -0.39 is 0 Å². The fraction of sp³-hybridized carbons (Fsp3) is 0.667. The smallest absolute Gasteiger partial charge is 0.218 e. The minimum Gasteiger partial charge on any atom is -0.475 e. The molecule has 0 fully saturated rings.